The summed E-state index contributed by atoms with van der Waals surface area (Å²) >= 11 is 0. The maximum atomic E-state index is 13.5. The van der Waals surface area contributed by atoms with Crippen LogP contribution in [0, 0.1) is 5.82 Å². The molecule has 0 aliphatic rings. The maximum absolute atomic E-state index is 13.5. The molecule has 2 rings (SSSR count). The summed E-state index contributed by atoms with van der Waals surface area (Å²) in [6, 6.07) is 5.05. The summed E-state index contributed by atoms with van der Waals surface area (Å²) in [6.07, 6.45) is 1.26. The molecule has 0 amide bonds. The van der Waals surface area contributed by atoms with Gasteiger partial charge in [-0.3, -0.25) is 4.79 Å². The number of carboxylic acid groups (broad SMARTS) is 1. The fraction of sp³-hybridized carbons (Fsp3) is 0.0833. The number of nitrogens with zero attached hydrogens (tertiary/aromatic N) is 2. The molecule has 7 heteroatoms. The lowest BCUT2D eigenvalue weighted by Gasteiger charge is -2.07. The van der Waals surface area contributed by atoms with E-state index in [1.54, 1.807) is 0 Å². The van der Waals surface area contributed by atoms with Crippen molar-refractivity contribution in [2.24, 2.45) is 0 Å². The Morgan fingerprint density at radius 1 is 1.42 bits per heavy atom. The largest absolute Gasteiger partial charge is 0.494 e. The van der Waals surface area contributed by atoms with Gasteiger partial charge < -0.3 is 9.84 Å². The molecule has 19 heavy (non-hydrogen) atoms. The first-order valence-corrected chi connectivity index (χ1v) is 5.20. The minimum absolute atomic E-state index is 0.0586. The zero-order valence-corrected chi connectivity index (χ0v) is 9.83. The molecule has 0 fully saturated rings. The first-order valence-electron chi connectivity index (χ1n) is 5.20. The van der Waals surface area contributed by atoms with Crippen molar-refractivity contribution in [3.63, 3.8) is 0 Å². The molecule has 98 valence electrons. The van der Waals surface area contributed by atoms with Gasteiger partial charge in [-0.1, -0.05) is 0 Å². The second-order valence-corrected chi connectivity index (χ2v) is 3.60. The molecule has 0 saturated heterocycles. The molecule has 0 aliphatic heterocycles. The third-order valence-electron chi connectivity index (χ3n) is 2.41. The van der Waals surface area contributed by atoms with Crippen molar-refractivity contribution in [3.05, 3.63) is 52.2 Å². The molecule has 0 unspecified atom stereocenters. The van der Waals surface area contributed by atoms with Crippen molar-refractivity contribution < 1.29 is 19.0 Å². The summed E-state index contributed by atoms with van der Waals surface area (Å²) in [7, 11) is 1.33. The predicted molar refractivity (Wildman–Crippen MR) is 63.3 cm³/mol. The Labute approximate surface area is 106 Å². The molecule has 0 spiro atoms. The Morgan fingerprint density at radius 3 is 2.74 bits per heavy atom. The van der Waals surface area contributed by atoms with E-state index in [0.29, 0.717) is 0 Å². The highest BCUT2D eigenvalue weighted by molar-refractivity contribution is 5.84. The number of carbonyl (C=O) groups is 1. The number of halogens is 1. The van der Waals surface area contributed by atoms with Crippen LogP contribution in [0.1, 0.15) is 10.5 Å². The van der Waals surface area contributed by atoms with Crippen LogP contribution >= 0.6 is 0 Å². The monoisotopic (exact) mass is 264 g/mol. The molecule has 0 atom stereocenters. The molecule has 0 radical (unpaired) electrons. The molecule has 1 aromatic heterocycles. The lowest BCUT2D eigenvalue weighted by atomic mass is 10.3. The SMILES string of the molecule is COc1ccc(-n2ccc(=O)c(C(=O)O)n2)cc1F. The number of aromatic carboxylic acids is 1. The van der Waals surface area contributed by atoms with E-state index in [4.69, 9.17) is 9.84 Å². The van der Waals surface area contributed by atoms with E-state index in [2.05, 4.69) is 5.10 Å². The molecule has 1 heterocycles. The van der Waals surface area contributed by atoms with Crippen molar-refractivity contribution in [3.8, 4) is 11.4 Å². The lowest BCUT2D eigenvalue weighted by Crippen LogP contribution is -2.20. The van der Waals surface area contributed by atoms with Crippen LogP contribution < -0.4 is 10.2 Å². The second-order valence-electron chi connectivity index (χ2n) is 3.60. The molecule has 1 aromatic carbocycles. The van der Waals surface area contributed by atoms with E-state index in [-0.39, 0.29) is 11.4 Å². The van der Waals surface area contributed by atoms with Crippen LogP contribution in [-0.4, -0.2) is 28.0 Å². The number of ether oxygens (including phenoxy) is 1. The van der Waals surface area contributed by atoms with Crippen molar-refractivity contribution in [1.82, 2.24) is 9.78 Å². The van der Waals surface area contributed by atoms with Crippen LogP contribution in [-0.2, 0) is 0 Å². The third kappa shape index (κ3) is 2.44. The molecule has 6 nitrogen and oxygen atoms in total. The zero-order valence-electron chi connectivity index (χ0n) is 9.83. The average molecular weight is 264 g/mol. The number of hydrogen-bond donors (Lipinski definition) is 1. The number of benzene rings is 1. The van der Waals surface area contributed by atoms with Gasteiger partial charge in [0.25, 0.3) is 0 Å². The van der Waals surface area contributed by atoms with E-state index < -0.39 is 22.9 Å². The number of methoxy groups -OCH3 is 1. The summed E-state index contributed by atoms with van der Waals surface area (Å²) in [4.78, 5) is 22.1. The second kappa shape index (κ2) is 4.89. The summed E-state index contributed by atoms with van der Waals surface area (Å²) in [5.74, 6) is -1.99. The topological polar surface area (TPSA) is 81.4 Å². The molecule has 0 saturated carbocycles. The Morgan fingerprint density at radius 2 is 2.16 bits per heavy atom. The van der Waals surface area contributed by atoms with Gasteiger partial charge in [0.05, 0.1) is 12.8 Å². The number of aromatic nitrogens is 2. The molecule has 0 aliphatic carbocycles. The van der Waals surface area contributed by atoms with Crippen LogP contribution in [0.4, 0.5) is 4.39 Å². The highest BCUT2D eigenvalue weighted by atomic mass is 19.1. The molecule has 0 bridgehead atoms. The van der Waals surface area contributed by atoms with Gasteiger partial charge in [0, 0.05) is 18.3 Å². The van der Waals surface area contributed by atoms with E-state index >= 15 is 0 Å². The predicted octanol–water partition coefficient (Wildman–Crippen LogP) is 1.08. The maximum Gasteiger partial charge on any atom is 0.360 e. The van der Waals surface area contributed by atoms with E-state index in [1.165, 1.54) is 25.4 Å². The van der Waals surface area contributed by atoms with Crippen LogP contribution in [0.3, 0.4) is 0 Å². The van der Waals surface area contributed by atoms with E-state index in [1.807, 2.05) is 0 Å². The third-order valence-corrected chi connectivity index (χ3v) is 2.41. The number of rotatable bonds is 3. The van der Waals surface area contributed by atoms with Gasteiger partial charge >= 0.3 is 5.97 Å². The van der Waals surface area contributed by atoms with Gasteiger partial charge in [0.1, 0.15) is 0 Å². The normalized spacial score (nSPS) is 10.2. The molecular formula is C12H9FN2O4. The van der Waals surface area contributed by atoms with Gasteiger partial charge in [0.15, 0.2) is 11.6 Å². The standard InChI is InChI=1S/C12H9FN2O4/c1-19-10-3-2-7(6-8(10)13)15-5-4-9(16)11(14-15)12(17)18/h2-6H,1H3,(H,17,18). The van der Waals surface area contributed by atoms with Crippen molar-refractivity contribution in [2.45, 2.75) is 0 Å². The van der Waals surface area contributed by atoms with Crippen LogP contribution in [0.2, 0.25) is 0 Å². The minimum Gasteiger partial charge on any atom is -0.494 e. The first-order chi connectivity index (χ1) is 9.02. The smallest absolute Gasteiger partial charge is 0.360 e. The average Bonchev–Trinajstić information content (AvgIpc) is 2.38. The fourth-order valence-electron chi connectivity index (χ4n) is 1.50. The summed E-state index contributed by atoms with van der Waals surface area (Å²) < 4.78 is 19.4. The highest BCUT2D eigenvalue weighted by Gasteiger charge is 2.12. The van der Waals surface area contributed by atoms with Gasteiger partial charge in [-0.05, 0) is 12.1 Å². The van der Waals surface area contributed by atoms with Crippen LogP contribution in [0.15, 0.2) is 35.3 Å². The Kier molecular flexibility index (Phi) is 3.28. The molecule has 2 aromatic rings. The first kappa shape index (κ1) is 12.7. The van der Waals surface area contributed by atoms with Gasteiger partial charge in [-0.2, -0.15) is 5.10 Å². The quantitative estimate of drug-likeness (QED) is 0.897. The van der Waals surface area contributed by atoms with E-state index in [0.717, 1.165) is 16.8 Å². The summed E-state index contributed by atoms with van der Waals surface area (Å²) in [5.41, 5.74) is -1.06. The van der Waals surface area contributed by atoms with Gasteiger partial charge in [0.2, 0.25) is 11.1 Å². The van der Waals surface area contributed by atoms with Crippen LogP contribution in [0.25, 0.3) is 5.69 Å². The highest BCUT2D eigenvalue weighted by Crippen LogP contribution is 2.19. The summed E-state index contributed by atoms with van der Waals surface area (Å²) in [5, 5.41) is 12.4. The Hall–Kier alpha value is -2.70. The van der Waals surface area contributed by atoms with Gasteiger partial charge in [-0.15, -0.1) is 0 Å². The number of carboxylic acids is 1. The molecule has 1 N–H and O–H groups in total. The Balaban J connectivity index is 2.53. The lowest BCUT2D eigenvalue weighted by molar-refractivity contribution is 0.0687. The Bertz CT molecular complexity index is 696. The van der Waals surface area contributed by atoms with Crippen molar-refractivity contribution in [1.29, 1.82) is 0 Å². The minimum atomic E-state index is -1.44. The zero-order chi connectivity index (χ0) is 14.0. The van der Waals surface area contributed by atoms with Crippen molar-refractivity contribution >= 4 is 5.97 Å². The van der Waals surface area contributed by atoms with Gasteiger partial charge in [-0.25, -0.2) is 13.9 Å². The number of hydrogen-bond acceptors (Lipinski definition) is 4. The molecular weight excluding hydrogens is 255 g/mol. The van der Waals surface area contributed by atoms with Crippen molar-refractivity contribution in [2.75, 3.05) is 7.11 Å². The van der Waals surface area contributed by atoms with Crippen LogP contribution in [0.5, 0.6) is 5.75 Å². The van der Waals surface area contributed by atoms with E-state index in [9.17, 15) is 14.0 Å². The fourth-order valence-corrected chi connectivity index (χ4v) is 1.50. The summed E-state index contributed by atoms with van der Waals surface area (Å²) in [6.45, 7) is 0.